The monoisotopic (exact) mass is 580 g/mol. The number of fused-ring (bicyclic) bond motifs is 6. The van der Waals surface area contributed by atoms with Crippen LogP contribution in [0.15, 0.2) is 103 Å². The fraction of sp³-hybridized carbons (Fsp3) is 0.152. The van der Waals surface area contributed by atoms with Crippen LogP contribution in [0.4, 0.5) is 11.4 Å². The minimum atomic E-state index is -1.58. The van der Waals surface area contributed by atoms with Crippen LogP contribution in [0, 0.1) is 11.3 Å². The summed E-state index contributed by atoms with van der Waals surface area (Å²) in [5.74, 6) is -5.00. The van der Waals surface area contributed by atoms with Crippen LogP contribution in [0.5, 0.6) is 0 Å². The highest BCUT2D eigenvalue weighted by atomic mass is 35.5. The van der Waals surface area contributed by atoms with Crippen LogP contribution >= 0.6 is 23.2 Å². The van der Waals surface area contributed by atoms with Crippen molar-refractivity contribution in [2.75, 3.05) is 9.80 Å². The molecule has 6 nitrogen and oxygen atoms in total. The van der Waals surface area contributed by atoms with Gasteiger partial charge in [0.15, 0.2) is 0 Å². The average Bonchev–Trinajstić information content (AvgIpc) is 3.37. The molecule has 41 heavy (non-hydrogen) atoms. The number of imide groups is 2. The topological polar surface area (TPSA) is 74.8 Å². The summed E-state index contributed by atoms with van der Waals surface area (Å²) >= 11 is 12.6. The minimum Gasteiger partial charge on any atom is -0.274 e. The fourth-order valence-corrected chi connectivity index (χ4v) is 7.27. The lowest BCUT2D eigenvalue weighted by atomic mass is 9.54. The molecule has 1 aliphatic carbocycles. The lowest BCUT2D eigenvalue weighted by Crippen LogP contribution is -2.51. The van der Waals surface area contributed by atoms with Crippen LogP contribution in [-0.4, -0.2) is 23.6 Å². The number of carbonyl (C=O) groups excluding carboxylic acids is 4. The van der Waals surface area contributed by atoms with E-state index in [1.807, 2.05) is 0 Å². The molecule has 4 aromatic rings. The number of hydrogen-bond acceptors (Lipinski definition) is 4. The maximum Gasteiger partial charge on any atom is 0.242 e. The third kappa shape index (κ3) is 3.64. The number of anilines is 2. The zero-order valence-electron chi connectivity index (χ0n) is 21.5. The zero-order chi connectivity index (χ0) is 28.5. The number of carbonyl (C=O) groups is 4. The summed E-state index contributed by atoms with van der Waals surface area (Å²) in [6, 6.07) is 29.4. The molecule has 202 valence electrons. The van der Waals surface area contributed by atoms with Gasteiger partial charge in [-0.3, -0.25) is 19.2 Å². The van der Waals surface area contributed by atoms with E-state index in [0.717, 1.165) is 5.56 Å². The van der Waals surface area contributed by atoms with Crippen molar-refractivity contribution in [2.45, 2.75) is 18.3 Å². The number of hydrogen-bond donors (Lipinski definition) is 0. The third-order valence-corrected chi connectivity index (χ3v) is 9.07. The highest BCUT2D eigenvalue weighted by Crippen LogP contribution is 2.63. The predicted octanol–water partition coefficient (Wildman–Crippen LogP) is 6.17. The molecule has 8 heteroatoms. The molecule has 2 fully saturated rings. The number of para-hydroxylation sites is 2. The molecule has 2 saturated heterocycles. The van der Waals surface area contributed by atoms with Gasteiger partial charge >= 0.3 is 0 Å². The smallest absolute Gasteiger partial charge is 0.242 e. The van der Waals surface area contributed by atoms with Crippen LogP contribution in [0.3, 0.4) is 0 Å². The Kier molecular flexibility index (Phi) is 5.89. The predicted molar refractivity (Wildman–Crippen MR) is 156 cm³/mol. The lowest BCUT2D eigenvalue weighted by Gasteiger charge is -2.43. The first kappa shape index (κ1) is 25.7. The molecule has 0 saturated carbocycles. The number of amides is 4. The first-order chi connectivity index (χ1) is 19.8. The fourth-order valence-electron chi connectivity index (χ4n) is 6.97. The zero-order valence-corrected chi connectivity index (χ0v) is 23.0. The quantitative estimate of drug-likeness (QED) is 0.271. The van der Waals surface area contributed by atoms with Gasteiger partial charge in [-0.15, -0.1) is 0 Å². The van der Waals surface area contributed by atoms with Gasteiger partial charge in [-0.1, -0.05) is 77.8 Å². The summed E-state index contributed by atoms with van der Waals surface area (Å²) in [6.07, 6.45) is 0.0531. The van der Waals surface area contributed by atoms with Crippen molar-refractivity contribution >= 4 is 58.2 Å². The number of rotatable bonds is 4. The van der Waals surface area contributed by atoms with Gasteiger partial charge in [0.1, 0.15) is 0 Å². The van der Waals surface area contributed by atoms with Gasteiger partial charge in [0.2, 0.25) is 23.6 Å². The Morgan fingerprint density at radius 3 is 1.83 bits per heavy atom. The Morgan fingerprint density at radius 2 is 1.20 bits per heavy atom. The van der Waals surface area contributed by atoms with E-state index in [1.165, 1.54) is 9.80 Å². The van der Waals surface area contributed by atoms with Crippen LogP contribution in [0.2, 0.25) is 10.0 Å². The van der Waals surface area contributed by atoms with Crippen molar-refractivity contribution in [3.8, 4) is 0 Å². The Morgan fingerprint density at radius 1 is 0.610 bits per heavy atom. The van der Waals surface area contributed by atoms with E-state index in [-0.39, 0.29) is 6.42 Å². The molecular weight excluding hydrogens is 559 g/mol. The van der Waals surface area contributed by atoms with Crippen molar-refractivity contribution in [3.05, 3.63) is 130 Å². The maximum atomic E-state index is 14.8. The van der Waals surface area contributed by atoms with Gasteiger partial charge in [0.05, 0.1) is 34.5 Å². The van der Waals surface area contributed by atoms with E-state index in [2.05, 4.69) is 0 Å². The summed E-state index contributed by atoms with van der Waals surface area (Å²) in [5, 5.41) is 0.890. The molecule has 0 unspecified atom stereocenters. The van der Waals surface area contributed by atoms with E-state index in [9.17, 15) is 19.2 Å². The standard InChI is InChI=1S/C33H22Cl2N2O4/c34-20-13-11-19(12-14-20)18-33-27(30(39)37(32(33)41)23-9-5-2-6-10-23)25-17-21(35)15-16-24(25)26-28(33)31(40)36(29(26)38)22-7-3-1-4-8-22/h1-17,26-28H,18H2/t26-,27-,28+,33+/m1/s1. The summed E-state index contributed by atoms with van der Waals surface area (Å²) in [6.45, 7) is 0. The van der Waals surface area contributed by atoms with Crippen molar-refractivity contribution in [2.24, 2.45) is 11.3 Å². The van der Waals surface area contributed by atoms with Crippen molar-refractivity contribution in [1.29, 1.82) is 0 Å². The molecule has 0 spiro atoms. The summed E-state index contributed by atoms with van der Waals surface area (Å²) in [5.41, 5.74) is 1.01. The number of halogens is 2. The van der Waals surface area contributed by atoms with Crippen molar-refractivity contribution in [1.82, 2.24) is 0 Å². The van der Waals surface area contributed by atoms with E-state index < -0.39 is 46.8 Å². The molecule has 2 aliphatic heterocycles. The largest absolute Gasteiger partial charge is 0.274 e. The Hall–Kier alpha value is -4.26. The van der Waals surface area contributed by atoms with Crippen LogP contribution < -0.4 is 9.80 Å². The molecule has 0 N–H and O–H groups in total. The van der Waals surface area contributed by atoms with Gasteiger partial charge in [-0.05, 0) is 71.6 Å². The Labute approximate surface area is 246 Å². The van der Waals surface area contributed by atoms with Gasteiger partial charge in [0.25, 0.3) is 0 Å². The Balaban J connectivity index is 1.52. The molecule has 4 aromatic carbocycles. The molecule has 7 rings (SSSR count). The van der Waals surface area contributed by atoms with Crippen molar-refractivity contribution < 1.29 is 19.2 Å². The van der Waals surface area contributed by atoms with E-state index in [0.29, 0.717) is 32.5 Å². The van der Waals surface area contributed by atoms with Gasteiger partial charge in [-0.25, -0.2) is 9.80 Å². The van der Waals surface area contributed by atoms with Crippen LogP contribution in [-0.2, 0) is 25.6 Å². The van der Waals surface area contributed by atoms with Crippen LogP contribution in [0.1, 0.15) is 28.5 Å². The van der Waals surface area contributed by atoms with E-state index in [4.69, 9.17) is 23.2 Å². The maximum absolute atomic E-state index is 14.8. The molecule has 3 aliphatic rings. The lowest BCUT2D eigenvalue weighted by molar-refractivity contribution is -0.138. The minimum absolute atomic E-state index is 0.0531. The Bertz CT molecular complexity index is 1740. The van der Waals surface area contributed by atoms with Gasteiger partial charge in [0, 0.05) is 10.0 Å². The second-order valence-electron chi connectivity index (χ2n) is 10.7. The summed E-state index contributed by atoms with van der Waals surface area (Å²) < 4.78 is 0. The molecule has 0 radical (unpaired) electrons. The first-order valence-electron chi connectivity index (χ1n) is 13.2. The van der Waals surface area contributed by atoms with E-state index >= 15 is 0 Å². The SMILES string of the molecule is O=C1[C@@H]2c3ccc(Cl)cc3[C@@H]3C(=O)N(c4ccccc4)C(=O)[C@]3(Cc3ccc(Cl)cc3)[C@@H]2C(=O)N1c1ccccc1. The van der Waals surface area contributed by atoms with Gasteiger partial charge < -0.3 is 0 Å². The second kappa shape index (κ2) is 9.40. The molecule has 2 heterocycles. The highest BCUT2D eigenvalue weighted by Gasteiger charge is 2.73. The molecular formula is C33H22Cl2N2O4. The third-order valence-electron chi connectivity index (χ3n) is 8.58. The van der Waals surface area contributed by atoms with Crippen molar-refractivity contribution in [3.63, 3.8) is 0 Å². The first-order valence-corrected chi connectivity index (χ1v) is 14.0. The molecule has 0 aromatic heterocycles. The average molecular weight is 581 g/mol. The normalized spacial score (nSPS) is 24.9. The highest BCUT2D eigenvalue weighted by molar-refractivity contribution is 6.33. The number of benzene rings is 4. The molecule has 4 amide bonds. The summed E-state index contributed by atoms with van der Waals surface area (Å²) in [7, 11) is 0. The summed E-state index contributed by atoms with van der Waals surface area (Å²) in [4.78, 5) is 60.3. The van der Waals surface area contributed by atoms with Gasteiger partial charge in [-0.2, -0.15) is 0 Å². The van der Waals surface area contributed by atoms with E-state index in [1.54, 1.807) is 103 Å². The second-order valence-corrected chi connectivity index (χ2v) is 11.5. The number of nitrogens with zero attached hydrogens (tertiary/aromatic N) is 2. The molecule has 0 bridgehead atoms. The van der Waals surface area contributed by atoms with Crippen LogP contribution in [0.25, 0.3) is 0 Å². The molecule has 4 atom stereocenters.